The molecule has 0 radical (unpaired) electrons. The molecule has 0 aliphatic heterocycles. The van der Waals surface area contributed by atoms with Crippen LogP contribution < -0.4 is 0 Å². The van der Waals surface area contributed by atoms with E-state index in [-0.39, 0.29) is 0 Å². The van der Waals surface area contributed by atoms with Crippen LogP contribution >= 0.6 is 27.5 Å². The molecule has 3 rings (SSSR count). The Kier molecular flexibility index (Phi) is 3.47. The molecule has 0 N–H and O–H groups in total. The minimum Gasteiger partial charge on any atom is -0.295 e. The molecule has 20 heavy (non-hydrogen) atoms. The minimum absolute atomic E-state index is 0.309. The van der Waals surface area contributed by atoms with Crippen LogP contribution in [0.15, 0.2) is 46.9 Å². The number of nitriles is 1. The van der Waals surface area contributed by atoms with Crippen LogP contribution in [0, 0.1) is 11.3 Å². The standard InChI is InChI=1S/C15H9BrClN3/c16-11-2-1-3-12(7-11)20-14-6-10(9-18)4-5-13(14)19-15(20)8-17/h1-7H,8H2. The van der Waals surface area contributed by atoms with E-state index in [1.165, 1.54) is 0 Å². The fraction of sp³-hybridized carbons (Fsp3) is 0.0667. The van der Waals surface area contributed by atoms with Crippen LogP contribution in [0.1, 0.15) is 11.4 Å². The normalized spacial score (nSPS) is 10.7. The second-order valence-corrected chi connectivity index (χ2v) is 5.48. The van der Waals surface area contributed by atoms with E-state index in [0.717, 1.165) is 27.0 Å². The van der Waals surface area contributed by atoms with Crippen molar-refractivity contribution in [3.63, 3.8) is 0 Å². The second-order valence-electron chi connectivity index (χ2n) is 4.29. The lowest BCUT2D eigenvalue weighted by atomic mass is 10.2. The number of nitrogens with zero attached hydrogens (tertiary/aromatic N) is 3. The molecule has 0 aliphatic rings. The van der Waals surface area contributed by atoms with Crippen molar-refractivity contribution in [2.45, 2.75) is 5.88 Å². The van der Waals surface area contributed by atoms with E-state index in [2.05, 4.69) is 27.0 Å². The molecule has 3 nitrogen and oxygen atoms in total. The van der Waals surface area contributed by atoms with Gasteiger partial charge in [0.15, 0.2) is 0 Å². The molecular weight excluding hydrogens is 338 g/mol. The summed E-state index contributed by atoms with van der Waals surface area (Å²) < 4.78 is 2.96. The molecule has 0 spiro atoms. The molecule has 0 fully saturated rings. The van der Waals surface area contributed by atoms with Crippen LogP contribution in [0.5, 0.6) is 0 Å². The van der Waals surface area contributed by atoms with Gasteiger partial charge in [-0.3, -0.25) is 4.57 Å². The predicted octanol–water partition coefficient (Wildman–Crippen LogP) is 4.40. The van der Waals surface area contributed by atoms with Crippen molar-refractivity contribution < 1.29 is 0 Å². The van der Waals surface area contributed by atoms with Crippen molar-refractivity contribution in [1.29, 1.82) is 5.26 Å². The first-order valence-corrected chi connectivity index (χ1v) is 7.29. The Balaban J connectivity index is 2.35. The Morgan fingerprint density at radius 1 is 1.25 bits per heavy atom. The SMILES string of the molecule is N#Cc1ccc2nc(CCl)n(-c3cccc(Br)c3)c2c1. The summed E-state index contributed by atoms with van der Waals surface area (Å²) >= 11 is 9.47. The summed E-state index contributed by atoms with van der Waals surface area (Å²) in [5.41, 5.74) is 3.29. The van der Waals surface area contributed by atoms with Crippen LogP contribution in [0.2, 0.25) is 0 Å². The fourth-order valence-corrected chi connectivity index (χ4v) is 2.75. The van der Waals surface area contributed by atoms with Crippen molar-refractivity contribution in [2.75, 3.05) is 0 Å². The van der Waals surface area contributed by atoms with E-state index in [1.807, 2.05) is 41.0 Å². The van der Waals surface area contributed by atoms with Gasteiger partial charge in [0.25, 0.3) is 0 Å². The molecule has 2 aromatic carbocycles. The number of hydrogen-bond donors (Lipinski definition) is 0. The van der Waals surface area contributed by atoms with Gasteiger partial charge in [-0.2, -0.15) is 5.26 Å². The highest BCUT2D eigenvalue weighted by Crippen LogP contribution is 2.25. The number of benzene rings is 2. The van der Waals surface area contributed by atoms with E-state index in [1.54, 1.807) is 6.07 Å². The van der Waals surface area contributed by atoms with Gasteiger partial charge in [0.05, 0.1) is 28.5 Å². The van der Waals surface area contributed by atoms with Gasteiger partial charge < -0.3 is 0 Å². The lowest BCUT2D eigenvalue weighted by Crippen LogP contribution is -1.99. The highest BCUT2D eigenvalue weighted by Gasteiger charge is 2.12. The molecule has 1 heterocycles. The summed E-state index contributed by atoms with van der Waals surface area (Å²) in [6.45, 7) is 0. The average molecular weight is 347 g/mol. The number of hydrogen-bond acceptors (Lipinski definition) is 2. The van der Waals surface area contributed by atoms with E-state index in [4.69, 9.17) is 16.9 Å². The third-order valence-electron chi connectivity index (χ3n) is 3.04. The largest absolute Gasteiger partial charge is 0.295 e. The Hall–Kier alpha value is -1.83. The predicted molar refractivity (Wildman–Crippen MR) is 83.0 cm³/mol. The van der Waals surface area contributed by atoms with Crippen LogP contribution in [-0.2, 0) is 5.88 Å². The highest BCUT2D eigenvalue weighted by atomic mass is 79.9. The summed E-state index contributed by atoms with van der Waals surface area (Å²) in [6.07, 6.45) is 0. The van der Waals surface area contributed by atoms with E-state index in [0.29, 0.717) is 11.4 Å². The molecule has 0 saturated heterocycles. The molecule has 1 aromatic heterocycles. The van der Waals surface area contributed by atoms with Gasteiger partial charge in [0.1, 0.15) is 5.82 Å². The Morgan fingerprint density at radius 2 is 2.10 bits per heavy atom. The first kappa shape index (κ1) is 13.2. The summed E-state index contributed by atoms with van der Waals surface area (Å²) in [4.78, 5) is 4.52. The Bertz CT molecular complexity index is 833. The first-order valence-electron chi connectivity index (χ1n) is 5.96. The second kappa shape index (κ2) is 5.28. The lowest BCUT2D eigenvalue weighted by molar-refractivity contribution is 0.981. The summed E-state index contributed by atoms with van der Waals surface area (Å²) in [6, 6.07) is 15.5. The van der Waals surface area contributed by atoms with E-state index in [9.17, 15) is 0 Å². The van der Waals surface area contributed by atoms with Gasteiger partial charge in [0, 0.05) is 10.2 Å². The summed E-state index contributed by atoms with van der Waals surface area (Å²) in [7, 11) is 0. The molecule has 5 heteroatoms. The molecular formula is C15H9BrClN3. The highest BCUT2D eigenvalue weighted by molar-refractivity contribution is 9.10. The van der Waals surface area contributed by atoms with Crippen molar-refractivity contribution in [3.05, 3.63) is 58.3 Å². The maximum absolute atomic E-state index is 9.05. The quantitative estimate of drug-likeness (QED) is 0.645. The molecule has 3 aromatic rings. The van der Waals surface area contributed by atoms with Crippen molar-refractivity contribution in [3.8, 4) is 11.8 Å². The average Bonchev–Trinajstić information content (AvgIpc) is 2.84. The van der Waals surface area contributed by atoms with Crippen molar-refractivity contribution >= 4 is 38.6 Å². The lowest BCUT2D eigenvalue weighted by Gasteiger charge is -2.08. The molecule has 98 valence electrons. The molecule has 0 unspecified atom stereocenters. The van der Waals surface area contributed by atoms with E-state index < -0.39 is 0 Å². The van der Waals surface area contributed by atoms with Gasteiger partial charge in [-0.15, -0.1) is 11.6 Å². The Labute approximate surface area is 129 Å². The Morgan fingerprint density at radius 3 is 2.80 bits per heavy atom. The van der Waals surface area contributed by atoms with Crippen LogP contribution in [0.3, 0.4) is 0 Å². The van der Waals surface area contributed by atoms with Crippen molar-refractivity contribution in [2.24, 2.45) is 0 Å². The zero-order valence-electron chi connectivity index (χ0n) is 10.3. The number of alkyl halides is 1. The van der Waals surface area contributed by atoms with Gasteiger partial charge in [-0.05, 0) is 36.4 Å². The summed E-state index contributed by atoms with van der Waals surface area (Å²) in [5.74, 6) is 1.07. The topological polar surface area (TPSA) is 41.6 Å². The summed E-state index contributed by atoms with van der Waals surface area (Å²) in [5, 5.41) is 9.05. The smallest absolute Gasteiger partial charge is 0.129 e. The van der Waals surface area contributed by atoms with Crippen LogP contribution in [0.25, 0.3) is 16.7 Å². The number of aromatic nitrogens is 2. The number of halogens is 2. The maximum atomic E-state index is 9.05. The fourth-order valence-electron chi connectivity index (χ4n) is 2.19. The molecule has 0 amide bonds. The maximum Gasteiger partial charge on any atom is 0.129 e. The van der Waals surface area contributed by atoms with E-state index >= 15 is 0 Å². The third-order valence-corrected chi connectivity index (χ3v) is 3.77. The van der Waals surface area contributed by atoms with Gasteiger partial charge in [0.2, 0.25) is 0 Å². The van der Waals surface area contributed by atoms with Crippen LogP contribution in [-0.4, -0.2) is 9.55 Å². The molecule has 0 bridgehead atoms. The molecule has 0 aliphatic carbocycles. The van der Waals surface area contributed by atoms with Crippen molar-refractivity contribution in [1.82, 2.24) is 9.55 Å². The molecule has 0 atom stereocenters. The third kappa shape index (κ3) is 2.20. The monoisotopic (exact) mass is 345 g/mol. The zero-order valence-corrected chi connectivity index (χ0v) is 12.7. The van der Waals surface area contributed by atoms with Gasteiger partial charge in [-0.1, -0.05) is 22.0 Å². The zero-order chi connectivity index (χ0) is 14.1. The number of fused-ring (bicyclic) bond motifs is 1. The number of rotatable bonds is 2. The minimum atomic E-state index is 0.309. The van der Waals surface area contributed by atoms with Crippen LogP contribution in [0.4, 0.5) is 0 Å². The van der Waals surface area contributed by atoms with Gasteiger partial charge in [-0.25, -0.2) is 4.98 Å². The first-order chi connectivity index (χ1) is 9.72. The molecule has 0 saturated carbocycles. The number of imidazole rings is 1. The van der Waals surface area contributed by atoms with Gasteiger partial charge >= 0.3 is 0 Å².